The number of unbranched alkanes of at least 4 members (excludes halogenated alkanes) is 3. The van der Waals surface area contributed by atoms with E-state index in [0.29, 0.717) is 0 Å². The topological polar surface area (TPSA) is 0 Å². The Bertz CT molecular complexity index is 508. The van der Waals surface area contributed by atoms with Crippen molar-refractivity contribution in [2.24, 2.45) is 0 Å². The van der Waals surface area contributed by atoms with E-state index in [1.807, 2.05) is 0 Å². The fourth-order valence-electron chi connectivity index (χ4n) is 2.88. The van der Waals surface area contributed by atoms with Gasteiger partial charge in [0.05, 0.1) is 0 Å². The van der Waals surface area contributed by atoms with Crippen molar-refractivity contribution in [2.75, 3.05) is 0 Å². The Hall–Kier alpha value is -0.846. The van der Waals surface area contributed by atoms with Crippen LogP contribution in [-0.2, 0) is 52.0 Å². The molecule has 0 aliphatic carbocycles. The van der Waals surface area contributed by atoms with Crippen LogP contribution in [0.5, 0.6) is 0 Å². The van der Waals surface area contributed by atoms with Gasteiger partial charge in [0.25, 0.3) is 0 Å². The molecule has 0 nitrogen and oxygen atoms in total. The third-order valence-corrected chi connectivity index (χ3v) is 4.65. The molecular weight excluding hydrogens is 413 g/mol. The van der Waals surface area contributed by atoms with Crippen LogP contribution in [0.2, 0.25) is 0 Å². The van der Waals surface area contributed by atoms with Gasteiger partial charge in [-0.15, -0.1) is 0 Å². The summed E-state index contributed by atoms with van der Waals surface area (Å²) in [5.41, 5.74) is 4.45. The van der Waals surface area contributed by atoms with Crippen LogP contribution in [0, 0.1) is 0 Å². The quantitative estimate of drug-likeness (QED) is 0.287. The summed E-state index contributed by atoms with van der Waals surface area (Å²) in [6, 6.07) is 25.8. The Kier molecular flexibility index (Phi) is 18.9. The first-order valence-corrected chi connectivity index (χ1v) is 10.9. The summed E-state index contributed by atoms with van der Waals surface area (Å²) in [6.07, 6.45) is 11.6. The molecule has 0 aromatic heterocycles. The van der Waals surface area contributed by atoms with Gasteiger partial charge in [0.1, 0.15) is 0 Å². The molecule has 0 aliphatic rings. The molecule has 0 radical (unpaired) electrons. The molecule has 0 fully saturated rings. The van der Waals surface area contributed by atoms with Gasteiger partial charge in [-0.05, 0) is 0 Å². The predicted octanol–water partition coefficient (Wildman–Crippen LogP) is 8.24. The first kappa shape index (κ1) is 27.2. The van der Waals surface area contributed by atoms with E-state index >= 15 is 0 Å². The molecule has 1 heteroatoms. The summed E-state index contributed by atoms with van der Waals surface area (Å²) in [6.45, 7) is 6.68. The number of rotatable bonds is 9. The van der Waals surface area contributed by atoms with Gasteiger partial charge in [-0.25, -0.2) is 36.4 Å². The molecule has 3 aromatic rings. The summed E-state index contributed by atoms with van der Waals surface area (Å²) < 4.78 is 0. The number of hydrogen-bond donors (Lipinski definition) is 0. The zero-order valence-electron chi connectivity index (χ0n) is 18.4. The Morgan fingerprint density at radius 2 is 0.643 bits per heavy atom. The summed E-state index contributed by atoms with van der Waals surface area (Å²) in [4.78, 5) is 0. The van der Waals surface area contributed by atoms with Gasteiger partial charge >= 0.3 is 32.7 Å². The second kappa shape index (κ2) is 19.5. The van der Waals surface area contributed by atoms with E-state index in [1.165, 1.54) is 74.5 Å². The van der Waals surface area contributed by atoms with Crippen molar-refractivity contribution in [2.45, 2.75) is 78.6 Å². The molecule has 0 bridgehead atoms. The van der Waals surface area contributed by atoms with E-state index in [2.05, 4.69) is 93.6 Å². The molecule has 0 atom stereocenters. The van der Waals surface area contributed by atoms with Crippen LogP contribution in [0.15, 0.2) is 72.8 Å². The Morgan fingerprint density at radius 3 is 0.821 bits per heavy atom. The van der Waals surface area contributed by atoms with Crippen LogP contribution in [-0.4, -0.2) is 0 Å². The minimum absolute atomic E-state index is 0. The van der Waals surface area contributed by atoms with E-state index in [1.54, 1.807) is 0 Å². The molecule has 3 rings (SSSR count). The predicted molar refractivity (Wildman–Crippen MR) is 122 cm³/mol. The fourth-order valence-corrected chi connectivity index (χ4v) is 2.88. The molecule has 0 aliphatic heterocycles. The van der Waals surface area contributed by atoms with Crippen LogP contribution < -0.4 is 0 Å². The van der Waals surface area contributed by atoms with Crippen molar-refractivity contribution in [3.05, 3.63) is 89.5 Å². The van der Waals surface area contributed by atoms with Crippen molar-refractivity contribution in [1.82, 2.24) is 0 Å². The van der Waals surface area contributed by atoms with E-state index in [0.717, 1.165) is 0 Å². The Balaban J connectivity index is 0.000000384. The standard InChI is InChI=1S/3C9H13.Y/c3*1-2-3-6-9-7-4-5-8-9;/h3*4-5,7-8H,2-3,6H2,1H3;/q3*-1;+3. The van der Waals surface area contributed by atoms with Crippen LogP contribution >= 0.6 is 0 Å². The first-order chi connectivity index (χ1) is 13.3. The van der Waals surface area contributed by atoms with Gasteiger partial charge in [0.15, 0.2) is 0 Å². The van der Waals surface area contributed by atoms with Crippen LogP contribution in [0.25, 0.3) is 0 Å². The fraction of sp³-hybridized carbons (Fsp3) is 0.444. The van der Waals surface area contributed by atoms with E-state index in [4.69, 9.17) is 0 Å². The maximum atomic E-state index is 2.23. The normalized spacial score (nSPS) is 9.54. The van der Waals surface area contributed by atoms with Crippen molar-refractivity contribution in [1.29, 1.82) is 0 Å². The minimum Gasteiger partial charge on any atom is -0.213 e. The van der Waals surface area contributed by atoms with Crippen LogP contribution in [0.4, 0.5) is 0 Å². The Labute approximate surface area is 199 Å². The van der Waals surface area contributed by atoms with Crippen molar-refractivity contribution in [3.63, 3.8) is 0 Å². The number of aryl methyl sites for hydroxylation is 3. The van der Waals surface area contributed by atoms with E-state index in [-0.39, 0.29) is 32.7 Å². The maximum absolute atomic E-state index is 2.23. The summed E-state index contributed by atoms with van der Waals surface area (Å²) in [5.74, 6) is 0. The molecule has 0 heterocycles. The van der Waals surface area contributed by atoms with Gasteiger partial charge in [0, 0.05) is 0 Å². The van der Waals surface area contributed by atoms with Gasteiger partial charge in [-0.1, -0.05) is 78.6 Å². The molecule has 0 saturated carbocycles. The second-order valence-electron chi connectivity index (χ2n) is 7.19. The average molecular weight is 453 g/mol. The molecule has 0 amide bonds. The largest absolute Gasteiger partial charge is 3.00 e. The van der Waals surface area contributed by atoms with Crippen molar-refractivity contribution >= 4 is 0 Å². The molecule has 3 aromatic carbocycles. The third kappa shape index (κ3) is 14.2. The van der Waals surface area contributed by atoms with Gasteiger partial charge in [-0.2, -0.15) is 53.1 Å². The average Bonchev–Trinajstić information content (AvgIpc) is 3.47. The van der Waals surface area contributed by atoms with Gasteiger partial charge in [-0.3, -0.25) is 0 Å². The molecule has 0 N–H and O–H groups in total. The molecule has 0 saturated heterocycles. The van der Waals surface area contributed by atoms with Crippen LogP contribution in [0.1, 0.15) is 76.0 Å². The van der Waals surface area contributed by atoms with E-state index in [9.17, 15) is 0 Å². The Morgan fingerprint density at radius 1 is 0.429 bits per heavy atom. The zero-order chi connectivity index (χ0) is 19.6. The van der Waals surface area contributed by atoms with Crippen molar-refractivity contribution < 1.29 is 32.7 Å². The summed E-state index contributed by atoms with van der Waals surface area (Å²) in [7, 11) is 0. The monoisotopic (exact) mass is 452 g/mol. The minimum atomic E-state index is 0. The summed E-state index contributed by atoms with van der Waals surface area (Å²) in [5, 5.41) is 0. The zero-order valence-corrected chi connectivity index (χ0v) is 21.2. The second-order valence-corrected chi connectivity index (χ2v) is 7.19. The SMILES string of the molecule is CCCC[c-]1cccc1.CCCC[c-]1cccc1.CCCC[c-]1cccc1.[Y+3]. The molecule has 0 unspecified atom stereocenters. The third-order valence-electron chi connectivity index (χ3n) is 4.65. The molecule has 0 spiro atoms. The van der Waals surface area contributed by atoms with E-state index < -0.39 is 0 Å². The maximum Gasteiger partial charge on any atom is 3.00 e. The van der Waals surface area contributed by atoms with Gasteiger partial charge in [0.2, 0.25) is 0 Å². The van der Waals surface area contributed by atoms with Gasteiger partial charge < -0.3 is 0 Å². The molecular formula is C27H39Y. The molecule has 150 valence electrons. The van der Waals surface area contributed by atoms with Crippen LogP contribution in [0.3, 0.4) is 0 Å². The smallest absolute Gasteiger partial charge is 0.213 e. The van der Waals surface area contributed by atoms with Crippen molar-refractivity contribution in [3.8, 4) is 0 Å². The summed E-state index contributed by atoms with van der Waals surface area (Å²) >= 11 is 0. The molecule has 28 heavy (non-hydrogen) atoms. The number of hydrogen-bond acceptors (Lipinski definition) is 0. The first-order valence-electron chi connectivity index (χ1n) is 10.9.